The number of phenolic OH excluding ortho intramolecular Hbond substituents is 1. The summed E-state index contributed by atoms with van der Waals surface area (Å²) in [6.07, 6.45) is 8.90. The van der Waals surface area contributed by atoms with Gasteiger partial charge in [0.05, 0.1) is 0 Å². The summed E-state index contributed by atoms with van der Waals surface area (Å²) in [6, 6.07) is 6.48. The van der Waals surface area contributed by atoms with Gasteiger partial charge in [-0.05, 0) is 49.1 Å². The van der Waals surface area contributed by atoms with E-state index in [1.807, 2.05) is 12.3 Å². The van der Waals surface area contributed by atoms with Crippen molar-refractivity contribution in [2.24, 2.45) is 10.9 Å². The van der Waals surface area contributed by atoms with Crippen LogP contribution in [-0.2, 0) is 17.0 Å². The summed E-state index contributed by atoms with van der Waals surface area (Å²) in [7, 11) is 9.78. The number of nitrogens with zero attached hydrogens (tertiary/aromatic N) is 1. The Hall–Kier alpha value is -0.0157. The summed E-state index contributed by atoms with van der Waals surface area (Å²) in [5.74, 6) is 1.80. The fourth-order valence-electron chi connectivity index (χ4n) is 3.27. The van der Waals surface area contributed by atoms with E-state index in [4.69, 9.17) is 18.6 Å². The second kappa shape index (κ2) is 12.4. The molecule has 1 aliphatic rings. The molecule has 0 amide bonds. The van der Waals surface area contributed by atoms with Crippen molar-refractivity contribution in [2.75, 3.05) is 0 Å². The van der Waals surface area contributed by atoms with Gasteiger partial charge in [0.2, 0.25) is 0 Å². The molecule has 1 N–H and O–H groups in total. The SMILES string of the molecule is CCC(CC)N=Cc1cccc(C2CCC(C)CC2)c1O.[Cl][Ti][Cl]. The van der Waals surface area contributed by atoms with Gasteiger partial charge in [0, 0.05) is 17.8 Å². The molecule has 0 spiro atoms. The average Bonchev–Trinajstić information content (AvgIpc) is 2.59. The van der Waals surface area contributed by atoms with Gasteiger partial charge in [0.1, 0.15) is 5.75 Å². The maximum atomic E-state index is 10.6. The Morgan fingerprint density at radius 1 is 1.21 bits per heavy atom. The van der Waals surface area contributed by atoms with Crippen LogP contribution in [-0.4, -0.2) is 17.4 Å². The standard InChI is InChI=1S/C19H29NO.2ClH.Ti/c1-4-17(5-2)20-13-16-7-6-8-18(19(16)21)15-11-9-14(3)10-12-15;;;/h6-8,13-15,17,21H,4-5,9-12H2,1-3H3;2*1H;/q;;;+2/p-2. The van der Waals surface area contributed by atoms with Crippen LogP contribution in [0.4, 0.5) is 0 Å². The zero-order valence-corrected chi connectivity index (χ0v) is 18.0. The van der Waals surface area contributed by atoms with Gasteiger partial charge in [-0.3, -0.25) is 4.99 Å². The van der Waals surface area contributed by atoms with E-state index < -0.39 is 17.0 Å². The fraction of sp³-hybridized carbons (Fsp3) is 0.632. The number of aromatic hydroxyl groups is 1. The number of benzene rings is 1. The first-order chi connectivity index (χ1) is 11.6. The van der Waals surface area contributed by atoms with Crippen molar-refractivity contribution in [1.82, 2.24) is 0 Å². The number of hydrogen-bond donors (Lipinski definition) is 1. The quantitative estimate of drug-likeness (QED) is 0.430. The Balaban J connectivity index is 0.000000891. The number of halogens is 2. The van der Waals surface area contributed by atoms with Gasteiger partial charge in [-0.15, -0.1) is 0 Å². The normalized spacial score (nSPS) is 20.8. The van der Waals surface area contributed by atoms with Crippen molar-refractivity contribution in [3.8, 4) is 5.75 Å². The predicted molar refractivity (Wildman–Crippen MR) is 102 cm³/mol. The topological polar surface area (TPSA) is 32.6 Å². The van der Waals surface area contributed by atoms with Crippen LogP contribution >= 0.6 is 18.6 Å². The van der Waals surface area contributed by atoms with Crippen LogP contribution in [0.25, 0.3) is 0 Å². The zero-order chi connectivity index (χ0) is 17.9. The number of para-hydroxylation sites is 1. The van der Waals surface area contributed by atoms with E-state index >= 15 is 0 Å². The van der Waals surface area contributed by atoms with Crippen molar-refractivity contribution < 1.29 is 22.1 Å². The van der Waals surface area contributed by atoms with E-state index in [1.54, 1.807) is 0 Å². The molecule has 0 heterocycles. The molecule has 1 saturated carbocycles. The van der Waals surface area contributed by atoms with Gasteiger partial charge >= 0.3 is 35.6 Å². The van der Waals surface area contributed by atoms with Gasteiger partial charge < -0.3 is 5.11 Å². The van der Waals surface area contributed by atoms with Crippen molar-refractivity contribution in [3.63, 3.8) is 0 Å². The number of rotatable bonds is 5. The molecule has 0 unspecified atom stereocenters. The molecule has 0 bridgehead atoms. The third-order valence-electron chi connectivity index (χ3n) is 4.92. The van der Waals surface area contributed by atoms with Crippen LogP contribution in [0.3, 0.4) is 0 Å². The van der Waals surface area contributed by atoms with Crippen LogP contribution in [0.1, 0.15) is 76.3 Å². The molecular weight excluding hydrogens is 377 g/mol. The van der Waals surface area contributed by atoms with E-state index in [2.05, 4.69) is 37.9 Å². The molecule has 0 atom stereocenters. The monoisotopic (exact) mass is 405 g/mol. The summed E-state index contributed by atoms with van der Waals surface area (Å²) < 4.78 is 0. The van der Waals surface area contributed by atoms with E-state index in [1.165, 1.54) is 25.7 Å². The first-order valence-electron chi connectivity index (χ1n) is 8.88. The Kier molecular flexibility index (Phi) is 11.3. The van der Waals surface area contributed by atoms with Gasteiger partial charge in [0.15, 0.2) is 0 Å². The summed E-state index contributed by atoms with van der Waals surface area (Å²) >= 11 is -0.556. The molecule has 24 heavy (non-hydrogen) atoms. The molecule has 0 radical (unpaired) electrons. The summed E-state index contributed by atoms with van der Waals surface area (Å²) in [5.41, 5.74) is 1.99. The Bertz CT molecular complexity index is 498. The minimum atomic E-state index is -0.556. The predicted octanol–water partition coefficient (Wildman–Crippen LogP) is 6.67. The fourth-order valence-corrected chi connectivity index (χ4v) is 3.27. The average molecular weight is 406 g/mol. The van der Waals surface area contributed by atoms with Crippen molar-refractivity contribution in [1.29, 1.82) is 0 Å². The van der Waals surface area contributed by atoms with E-state index in [0.717, 1.165) is 29.9 Å². The molecule has 2 rings (SSSR count). The Morgan fingerprint density at radius 3 is 2.33 bits per heavy atom. The zero-order valence-electron chi connectivity index (χ0n) is 14.9. The van der Waals surface area contributed by atoms with Crippen molar-refractivity contribution >= 4 is 24.8 Å². The summed E-state index contributed by atoms with van der Waals surface area (Å²) in [6.45, 7) is 6.64. The molecule has 1 fully saturated rings. The van der Waals surface area contributed by atoms with Crippen LogP contribution in [0.5, 0.6) is 5.75 Å². The Morgan fingerprint density at radius 2 is 1.79 bits per heavy atom. The van der Waals surface area contributed by atoms with Gasteiger partial charge in [-0.2, -0.15) is 0 Å². The first-order valence-corrected chi connectivity index (χ1v) is 13.2. The molecule has 134 valence electrons. The van der Waals surface area contributed by atoms with E-state index in [9.17, 15) is 5.11 Å². The molecule has 0 saturated heterocycles. The van der Waals surface area contributed by atoms with E-state index in [-0.39, 0.29) is 0 Å². The van der Waals surface area contributed by atoms with Crippen LogP contribution in [0.15, 0.2) is 23.2 Å². The van der Waals surface area contributed by atoms with Crippen LogP contribution < -0.4 is 0 Å². The molecule has 0 aliphatic heterocycles. The van der Waals surface area contributed by atoms with Crippen molar-refractivity contribution in [2.45, 2.75) is 71.3 Å². The maximum absolute atomic E-state index is 10.6. The Labute approximate surface area is 163 Å². The number of hydrogen-bond acceptors (Lipinski definition) is 2. The van der Waals surface area contributed by atoms with E-state index in [0.29, 0.717) is 17.7 Å². The second-order valence-electron chi connectivity index (χ2n) is 6.56. The summed E-state index contributed by atoms with van der Waals surface area (Å²) in [5, 5.41) is 10.6. The molecule has 5 heteroatoms. The molecule has 0 aromatic heterocycles. The third kappa shape index (κ3) is 7.08. The molecule has 1 aromatic carbocycles. The number of phenols is 1. The molecular formula is C19H29Cl2NOTi. The summed E-state index contributed by atoms with van der Waals surface area (Å²) in [4.78, 5) is 4.61. The third-order valence-corrected chi connectivity index (χ3v) is 4.92. The first kappa shape index (κ1) is 22.0. The van der Waals surface area contributed by atoms with Gasteiger partial charge in [0.25, 0.3) is 0 Å². The van der Waals surface area contributed by atoms with Crippen molar-refractivity contribution in [3.05, 3.63) is 29.3 Å². The van der Waals surface area contributed by atoms with Crippen LogP contribution in [0, 0.1) is 5.92 Å². The molecule has 2 nitrogen and oxygen atoms in total. The van der Waals surface area contributed by atoms with Crippen LogP contribution in [0.2, 0.25) is 0 Å². The van der Waals surface area contributed by atoms with Gasteiger partial charge in [-0.25, -0.2) is 0 Å². The minimum absolute atomic E-state index is 0.364. The van der Waals surface area contributed by atoms with Gasteiger partial charge in [-0.1, -0.05) is 45.7 Å². The molecule has 1 aliphatic carbocycles. The molecule has 1 aromatic rings. The second-order valence-corrected chi connectivity index (χ2v) is 9.14. The number of aliphatic imine (C=N–C) groups is 1.